The molecule has 2 fully saturated rings. The molecular formula is C29H32N4O2. The maximum absolute atomic E-state index is 13.9. The minimum Gasteiger partial charge on any atom is -0.379 e. The standard InChI is InChI=1S/C29H32N4O2/c1-18-14-21-23(16-22(18)29(6-8-31-9-7-29)33-10-12-35-13-11-33)28(2,3)27-25(26(21)34)20-5-4-19(17-30)15-24(20)32-27/h4-5,14-16,31-32H,6-13H2,1-3H3. The van der Waals surface area contributed by atoms with Crippen molar-refractivity contribution in [3.05, 3.63) is 69.4 Å². The highest BCUT2D eigenvalue weighted by Gasteiger charge is 2.45. The number of nitrogens with zero attached hydrogens (tertiary/aromatic N) is 2. The fourth-order valence-corrected chi connectivity index (χ4v) is 6.74. The average Bonchev–Trinajstić information content (AvgIpc) is 3.28. The highest BCUT2D eigenvalue weighted by molar-refractivity contribution is 6.20. The number of H-pyrrole nitrogens is 1. The van der Waals surface area contributed by atoms with Crippen molar-refractivity contribution in [1.29, 1.82) is 5.26 Å². The van der Waals surface area contributed by atoms with Crippen LogP contribution in [0.25, 0.3) is 10.9 Å². The molecule has 0 bridgehead atoms. The number of piperidine rings is 1. The van der Waals surface area contributed by atoms with Gasteiger partial charge in [-0.2, -0.15) is 5.26 Å². The predicted molar refractivity (Wildman–Crippen MR) is 136 cm³/mol. The third-order valence-corrected chi connectivity index (χ3v) is 8.61. The van der Waals surface area contributed by atoms with Crippen molar-refractivity contribution in [2.45, 2.75) is 44.6 Å². The first-order valence-corrected chi connectivity index (χ1v) is 12.7. The maximum atomic E-state index is 13.9. The fourth-order valence-electron chi connectivity index (χ4n) is 6.74. The van der Waals surface area contributed by atoms with Gasteiger partial charge in [-0.15, -0.1) is 0 Å². The highest BCUT2D eigenvalue weighted by Crippen LogP contribution is 2.47. The molecule has 2 aliphatic heterocycles. The second kappa shape index (κ2) is 8.03. The molecule has 180 valence electrons. The molecule has 0 saturated carbocycles. The molecule has 0 atom stereocenters. The molecule has 35 heavy (non-hydrogen) atoms. The Kier molecular flexibility index (Phi) is 5.16. The predicted octanol–water partition coefficient (Wildman–Crippen LogP) is 4.13. The molecule has 0 unspecified atom stereocenters. The van der Waals surface area contributed by atoms with E-state index in [0.29, 0.717) is 5.56 Å². The summed E-state index contributed by atoms with van der Waals surface area (Å²) in [6.07, 6.45) is 2.10. The normalized spacial score (nSPS) is 21.4. The van der Waals surface area contributed by atoms with Crippen molar-refractivity contribution in [3.8, 4) is 6.07 Å². The molecule has 2 N–H and O–H groups in total. The Balaban J connectivity index is 1.54. The fraction of sp³-hybridized carbons (Fsp3) is 0.448. The summed E-state index contributed by atoms with van der Waals surface area (Å²) in [7, 11) is 0. The Morgan fingerprint density at radius 2 is 1.80 bits per heavy atom. The van der Waals surface area contributed by atoms with E-state index in [-0.39, 0.29) is 16.7 Å². The second-order valence-corrected chi connectivity index (χ2v) is 10.8. The largest absolute Gasteiger partial charge is 0.379 e. The number of ketones is 1. The number of hydrogen-bond acceptors (Lipinski definition) is 5. The quantitative estimate of drug-likeness (QED) is 0.591. The lowest BCUT2D eigenvalue weighted by Gasteiger charge is -2.50. The van der Waals surface area contributed by atoms with E-state index in [4.69, 9.17) is 4.74 Å². The van der Waals surface area contributed by atoms with Crippen LogP contribution in [-0.4, -0.2) is 55.1 Å². The number of aryl methyl sites for hydroxylation is 1. The summed E-state index contributed by atoms with van der Waals surface area (Å²) in [5, 5.41) is 13.8. The zero-order chi connectivity index (χ0) is 24.4. The van der Waals surface area contributed by atoms with Crippen molar-refractivity contribution in [2.75, 3.05) is 39.4 Å². The van der Waals surface area contributed by atoms with Crippen LogP contribution in [0.3, 0.4) is 0 Å². The number of carbonyl (C=O) groups is 1. The molecule has 0 radical (unpaired) electrons. The number of aromatic nitrogens is 1. The zero-order valence-electron chi connectivity index (χ0n) is 20.8. The van der Waals surface area contributed by atoms with Gasteiger partial charge in [-0.3, -0.25) is 9.69 Å². The van der Waals surface area contributed by atoms with Gasteiger partial charge in [-0.25, -0.2) is 0 Å². The van der Waals surface area contributed by atoms with E-state index in [1.165, 1.54) is 11.1 Å². The van der Waals surface area contributed by atoms with Gasteiger partial charge in [0, 0.05) is 46.2 Å². The number of nitriles is 1. The molecule has 3 aliphatic rings. The smallest absolute Gasteiger partial charge is 0.195 e. The van der Waals surface area contributed by atoms with E-state index in [1.54, 1.807) is 6.07 Å². The summed E-state index contributed by atoms with van der Waals surface area (Å²) in [5.74, 6) is 0.0747. The van der Waals surface area contributed by atoms with Crippen molar-refractivity contribution in [3.63, 3.8) is 0 Å². The first-order valence-electron chi connectivity index (χ1n) is 12.7. The third-order valence-electron chi connectivity index (χ3n) is 8.61. The van der Waals surface area contributed by atoms with Gasteiger partial charge in [0.1, 0.15) is 0 Å². The minimum absolute atomic E-state index is 0.0459. The maximum Gasteiger partial charge on any atom is 0.195 e. The number of rotatable bonds is 2. The molecule has 6 nitrogen and oxygen atoms in total. The lowest BCUT2D eigenvalue weighted by atomic mass is 9.68. The second-order valence-electron chi connectivity index (χ2n) is 10.8. The lowest BCUT2D eigenvalue weighted by molar-refractivity contribution is -0.0378. The number of carbonyl (C=O) groups excluding carboxylic acids is 1. The lowest BCUT2D eigenvalue weighted by Crippen LogP contribution is -2.56. The summed E-state index contributed by atoms with van der Waals surface area (Å²) < 4.78 is 5.70. The van der Waals surface area contributed by atoms with Crippen LogP contribution in [0.2, 0.25) is 0 Å². The first-order chi connectivity index (χ1) is 16.9. The van der Waals surface area contributed by atoms with Gasteiger partial charge in [-0.1, -0.05) is 26.0 Å². The molecule has 6 heteroatoms. The van der Waals surface area contributed by atoms with Crippen molar-refractivity contribution < 1.29 is 9.53 Å². The van der Waals surface area contributed by atoms with Crippen LogP contribution >= 0.6 is 0 Å². The number of fused-ring (bicyclic) bond motifs is 4. The molecule has 0 amide bonds. The summed E-state index contributed by atoms with van der Waals surface area (Å²) in [5.41, 5.74) is 7.16. The van der Waals surface area contributed by atoms with Crippen LogP contribution in [-0.2, 0) is 15.7 Å². The Morgan fingerprint density at radius 1 is 1.06 bits per heavy atom. The van der Waals surface area contributed by atoms with Crippen LogP contribution in [0.5, 0.6) is 0 Å². The van der Waals surface area contributed by atoms with Gasteiger partial charge in [0.25, 0.3) is 0 Å². The Morgan fingerprint density at radius 3 is 2.51 bits per heavy atom. The topological polar surface area (TPSA) is 81.2 Å². The van der Waals surface area contributed by atoms with Crippen molar-refractivity contribution in [1.82, 2.24) is 15.2 Å². The number of nitrogens with one attached hydrogen (secondary N) is 2. The van der Waals surface area contributed by atoms with E-state index >= 15 is 0 Å². The van der Waals surface area contributed by atoms with Crippen molar-refractivity contribution >= 4 is 16.7 Å². The van der Waals surface area contributed by atoms with E-state index in [9.17, 15) is 10.1 Å². The summed E-state index contributed by atoms with van der Waals surface area (Å²) in [4.78, 5) is 20.1. The Hall–Kier alpha value is -2.98. The molecule has 2 aromatic carbocycles. The van der Waals surface area contributed by atoms with Gasteiger partial charge < -0.3 is 15.0 Å². The van der Waals surface area contributed by atoms with Crippen molar-refractivity contribution in [2.24, 2.45) is 0 Å². The van der Waals surface area contributed by atoms with Crippen LogP contribution < -0.4 is 5.32 Å². The van der Waals surface area contributed by atoms with Crippen LogP contribution in [0, 0.1) is 18.3 Å². The van der Waals surface area contributed by atoms with E-state index in [0.717, 1.165) is 85.5 Å². The minimum atomic E-state index is -0.369. The van der Waals surface area contributed by atoms with Gasteiger partial charge in [0.15, 0.2) is 5.78 Å². The molecule has 1 aliphatic carbocycles. The summed E-state index contributed by atoms with van der Waals surface area (Å²) in [6.45, 7) is 12.0. The number of morpholine rings is 1. The molecule has 3 aromatic rings. The Labute approximate surface area is 206 Å². The van der Waals surface area contributed by atoms with E-state index < -0.39 is 0 Å². The molecule has 3 heterocycles. The van der Waals surface area contributed by atoms with Crippen LogP contribution in [0.15, 0.2) is 30.3 Å². The summed E-state index contributed by atoms with van der Waals surface area (Å²) >= 11 is 0. The molecule has 6 rings (SSSR count). The third kappa shape index (κ3) is 3.22. The number of hydrogen-bond donors (Lipinski definition) is 2. The van der Waals surface area contributed by atoms with E-state index in [1.807, 2.05) is 12.1 Å². The number of benzene rings is 2. The van der Waals surface area contributed by atoms with Gasteiger partial charge in [0.2, 0.25) is 0 Å². The van der Waals surface area contributed by atoms with E-state index in [2.05, 4.69) is 54.2 Å². The monoisotopic (exact) mass is 468 g/mol. The average molecular weight is 469 g/mol. The van der Waals surface area contributed by atoms with Gasteiger partial charge in [0.05, 0.1) is 30.4 Å². The number of aromatic amines is 1. The van der Waals surface area contributed by atoms with Crippen LogP contribution in [0.1, 0.15) is 70.6 Å². The van der Waals surface area contributed by atoms with Gasteiger partial charge >= 0.3 is 0 Å². The molecule has 1 aromatic heterocycles. The Bertz CT molecular complexity index is 1380. The summed E-state index contributed by atoms with van der Waals surface area (Å²) in [6, 6.07) is 12.3. The first kappa shape index (κ1) is 22.5. The number of ether oxygens (including phenoxy) is 1. The molecule has 2 saturated heterocycles. The van der Waals surface area contributed by atoms with Gasteiger partial charge in [-0.05, 0) is 67.7 Å². The SMILES string of the molecule is Cc1cc2c(cc1C1(N3CCOCC3)CCNCC1)C(C)(C)c1[nH]c3cc(C#N)ccc3c1C2=O. The molecular weight excluding hydrogens is 436 g/mol. The van der Waals surface area contributed by atoms with Crippen LogP contribution in [0.4, 0.5) is 0 Å². The highest BCUT2D eigenvalue weighted by atomic mass is 16.5. The molecule has 0 spiro atoms. The zero-order valence-corrected chi connectivity index (χ0v) is 20.8.